The zero-order chi connectivity index (χ0) is 16.1. The molecule has 24 heavy (non-hydrogen) atoms. The topological polar surface area (TPSA) is 42.9 Å². The molecule has 2 aromatic carbocycles. The molecule has 2 heterocycles. The van der Waals surface area contributed by atoms with Crippen LogP contribution >= 0.6 is 0 Å². The first-order valence-corrected chi connectivity index (χ1v) is 7.82. The lowest BCUT2D eigenvalue weighted by Gasteiger charge is -2.19. The van der Waals surface area contributed by atoms with Crippen LogP contribution in [0.5, 0.6) is 0 Å². The first-order valence-electron chi connectivity index (χ1n) is 7.82. The van der Waals surface area contributed by atoms with Crippen LogP contribution in [0.4, 0.5) is 0 Å². The third-order valence-electron chi connectivity index (χ3n) is 4.46. The van der Waals surface area contributed by atoms with Crippen LogP contribution in [0, 0.1) is 0 Å². The van der Waals surface area contributed by atoms with Gasteiger partial charge < -0.3 is 0 Å². The van der Waals surface area contributed by atoms with Gasteiger partial charge in [0.25, 0.3) is 0 Å². The highest BCUT2D eigenvalue weighted by Crippen LogP contribution is 2.38. The Labute approximate surface area is 138 Å². The Morgan fingerprint density at radius 2 is 1.50 bits per heavy atom. The maximum absolute atomic E-state index is 13.0. The average molecular weight is 308 g/mol. The minimum Gasteiger partial charge on any atom is -0.289 e. The monoisotopic (exact) mass is 308 g/mol. The summed E-state index contributed by atoms with van der Waals surface area (Å²) in [6.07, 6.45) is 1.76. The molecule has 2 aromatic heterocycles. The Morgan fingerprint density at radius 3 is 2.33 bits per heavy atom. The van der Waals surface area contributed by atoms with E-state index in [9.17, 15) is 4.79 Å². The normalized spacial score (nSPS) is 12.2. The summed E-state index contributed by atoms with van der Waals surface area (Å²) in [6.45, 7) is 0. The van der Waals surface area contributed by atoms with Crippen molar-refractivity contribution in [3.63, 3.8) is 0 Å². The minimum atomic E-state index is 0.0377. The lowest BCUT2D eigenvalue weighted by Crippen LogP contribution is -2.11. The van der Waals surface area contributed by atoms with Crippen LogP contribution in [0.3, 0.4) is 0 Å². The van der Waals surface area contributed by atoms with E-state index in [1.54, 1.807) is 6.20 Å². The summed E-state index contributed by atoms with van der Waals surface area (Å²) in [5.74, 6) is 0.0377. The van der Waals surface area contributed by atoms with Gasteiger partial charge in [-0.1, -0.05) is 54.6 Å². The van der Waals surface area contributed by atoms with Crippen LogP contribution in [-0.4, -0.2) is 15.8 Å². The van der Waals surface area contributed by atoms with E-state index < -0.39 is 0 Å². The van der Waals surface area contributed by atoms with Crippen molar-refractivity contribution < 1.29 is 4.79 Å². The van der Waals surface area contributed by atoms with E-state index >= 15 is 0 Å². The molecular weight excluding hydrogens is 296 g/mol. The fourth-order valence-electron chi connectivity index (χ4n) is 3.35. The quantitative estimate of drug-likeness (QED) is 0.457. The van der Waals surface area contributed by atoms with Gasteiger partial charge in [-0.3, -0.25) is 9.78 Å². The maximum atomic E-state index is 13.0. The molecule has 0 fully saturated rings. The largest absolute Gasteiger partial charge is 0.289 e. The van der Waals surface area contributed by atoms with Gasteiger partial charge in [-0.15, -0.1) is 0 Å². The van der Waals surface area contributed by atoms with Gasteiger partial charge in [-0.25, -0.2) is 4.98 Å². The van der Waals surface area contributed by atoms with Crippen molar-refractivity contribution in [2.75, 3.05) is 0 Å². The summed E-state index contributed by atoms with van der Waals surface area (Å²) in [5, 5.41) is 0.848. The van der Waals surface area contributed by atoms with Gasteiger partial charge in [0.1, 0.15) is 0 Å². The van der Waals surface area contributed by atoms with E-state index in [-0.39, 0.29) is 5.78 Å². The highest BCUT2D eigenvalue weighted by atomic mass is 16.1. The number of nitrogens with zero attached hydrogens (tertiary/aromatic N) is 2. The van der Waals surface area contributed by atoms with Crippen LogP contribution in [0.2, 0.25) is 0 Å². The molecule has 0 saturated heterocycles. The number of ketones is 1. The maximum Gasteiger partial charge on any atom is 0.194 e. The molecule has 0 atom stereocenters. The molecule has 0 N–H and O–H groups in total. The second-order valence-electron chi connectivity index (χ2n) is 5.85. The summed E-state index contributed by atoms with van der Waals surface area (Å²) in [5.41, 5.74) is 5.72. The van der Waals surface area contributed by atoms with Crippen molar-refractivity contribution in [2.45, 2.75) is 0 Å². The van der Waals surface area contributed by atoms with Crippen LogP contribution in [-0.2, 0) is 0 Å². The summed E-state index contributed by atoms with van der Waals surface area (Å²) >= 11 is 0. The first kappa shape index (κ1) is 13.1. The number of carbonyl (C=O) groups is 1. The molecule has 1 aliphatic carbocycles. The fraction of sp³-hybridized carbons (Fsp3) is 0. The number of hydrogen-bond donors (Lipinski definition) is 0. The van der Waals surface area contributed by atoms with E-state index in [0.717, 1.165) is 33.4 Å². The first-order chi connectivity index (χ1) is 11.8. The molecule has 0 amide bonds. The predicted molar refractivity (Wildman–Crippen MR) is 93.8 cm³/mol. The summed E-state index contributed by atoms with van der Waals surface area (Å²) in [7, 11) is 0. The Bertz CT molecular complexity index is 1120. The van der Waals surface area contributed by atoms with Crippen LogP contribution in [0.1, 0.15) is 15.9 Å². The molecule has 5 rings (SSSR count). The molecule has 3 heteroatoms. The summed E-state index contributed by atoms with van der Waals surface area (Å²) in [6, 6.07) is 21.3. The molecule has 0 aliphatic heterocycles. The van der Waals surface area contributed by atoms with Crippen molar-refractivity contribution in [1.82, 2.24) is 9.97 Å². The van der Waals surface area contributed by atoms with Gasteiger partial charge in [-0.05, 0) is 12.1 Å². The Morgan fingerprint density at radius 1 is 0.750 bits per heavy atom. The van der Waals surface area contributed by atoms with E-state index in [4.69, 9.17) is 4.98 Å². The lowest BCUT2D eigenvalue weighted by molar-refractivity contribution is 0.104. The average Bonchev–Trinajstić information content (AvgIpc) is 2.66. The van der Waals surface area contributed by atoms with Crippen molar-refractivity contribution in [2.24, 2.45) is 0 Å². The van der Waals surface area contributed by atoms with Crippen molar-refractivity contribution in [1.29, 1.82) is 0 Å². The number of rotatable bonds is 1. The minimum absolute atomic E-state index is 0.0377. The number of pyridine rings is 2. The molecule has 1 aliphatic rings. The van der Waals surface area contributed by atoms with Gasteiger partial charge in [0.05, 0.1) is 16.9 Å². The molecular formula is C21H12N2O. The third kappa shape index (κ3) is 1.75. The van der Waals surface area contributed by atoms with Crippen molar-refractivity contribution in [3.05, 3.63) is 84.1 Å². The van der Waals surface area contributed by atoms with Gasteiger partial charge in [0.2, 0.25) is 0 Å². The van der Waals surface area contributed by atoms with Crippen LogP contribution < -0.4 is 0 Å². The number of carbonyl (C=O) groups excluding carboxylic acids is 1. The van der Waals surface area contributed by atoms with Gasteiger partial charge in [-0.2, -0.15) is 0 Å². The van der Waals surface area contributed by atoms with Crippen molar-refractivity contribution in [3.8, 4) is 22.5 Å². The molecule has 0 saturated carbocycles. The predicted octanol–water partition coefficient (Wildman–Crippen LogP) is 4.51. The fourth-order valence-corrected chi connectivity index (χ4v) is 3.35. The van der Waals surface area contributed by atoms with E-state index in [0.29, 0.717) is 11.1 Å². The van der Waals surface area contributed by atoms with Crippen LogP contribution in [0.25, 0.3) is 33.4 Å². The number of aromatic nitrogens is 2. The molecule has 3 nitrogen and oxygen atoms in total. The van der Waals surface area contributed by atoms with Gasteiger partial charge in [0.15, 0.2) is 5.78 Å². The second kappa shape index (κ2) is 4.83. The van der Waals surface area contributed by atoms with E-state index in [2.05, 4.69) is 4.98 Å². The van der Waals surface area contributed by atoms with Crippen molar-refractivity contribution >= 4 is 16.7 Å². The Hall–Kier alpha value is -3.33. The molecule has 0 bridgehead atoms. The molecule has 4 aromatic rings. The molecule has 0 radical (unpaired) electrons. The molecule has 112 valence electrons. The zero-order valence-corrected chi connectivity index (χ0v) is 12.7. The zero-order valence-electron chi connectivity index (χ0n) is 12.7. The SMILES string of the molecule is O=C1c2ccccc2-c2nccc3nc(-c4ccccc4)cc1c23. The highest BCUT2D eigenvalue weighted by Gasteiger charge is 2.27. The number of fused-ring (bicyclic) bond motifs is 2. The van der Waals surface area contributed by atoms with Gasteiger partial charge >= 0.3 is 0 Å². The number of hydrogen-bond acceptors (Lipinski definition) is 3. The van der Waals surface area contributed by atoms with Crippen LogP contribution in [0.15, 0.2) is 72.9 Å². The number of benzene rings is 2. The van der Waals surface area contributed by atoms with E-state index in [1.807, 2.05) is 66.7 Å². The summed E-state index contributed by atoms with van der Waals surface area (Å²) in [4.78, 5) is 22.3. The second-order valence-corrected chi connectivity index (χ2v) is 5.85. The molecule has 0 spiro atoms. The Kier molecular flexibility index (Phi) is 2.65. The third-order valence-corrected chi connectivity index (χ3v) is 4.46. The highest BCUT2D eigenvalue weighted by molar-refractivity contribution is 6.25. The smallest absolute Gasteiger partial charge is 0.194 e. The standard InChI is InChI=1S/C21H12N2O/c24-21-15-9-5-4-8-14(15)20-19-16(21)12-18(13-6-2-1-3-7-13)23-17(19)10-11-22-20/h1-12H. The summed E-state index contributed by atoms with van der Waals surface area (Å²) < 4.78 is 0. The lowest BCUT2D eigenvalue weighted by atomic mass is 9.86. The molecule has 0 unspecified atom stereocenters. The van der Waals surface area contributed by atoms with E-state index in [1.165, 1.54) is 0 Å². The van der Waals surface area contributed by atoms with Gasteiger partial charge in [0, 0.05) is 33.8 Å². The Balaban J connectivity index is 1.89.